The maximum absolute atomic E-state index is 9.92. The van der Waals surface area contributed by atoms with E-state index in [0.717, 1.165) is 24.2 Å². The molecule has 0 spiro atoms. The van der Waals surface area contributed by atoms with E-state index >= 15 is 0 Å². The molecule has 0 aromatic heterocycles. The molecule has 0 bridgehead atoms. The molecule has 20 heavy (non-hydrogen) atoms. The third-order valence-electron chi connectivity index (χ3n) is 4.08. The van der Waals surface area contributed by atoms with Crippen LogP contribution in [0.3, 0.4) is 0 Å². The van der Waals surface area contributed by atoms with Crippen LogP contribution in [0.4, 0.5) is 0 Å². The fourth-order valence-electron chi connectivity index (χ4n) is 2.85. The van der Waals surface area contributed by atoms with Crippen molar-refractivity contribution in [3.05, 3.63) is 64.2 Å². The van der Waals surface area contributed by atoms with Crippen LogP contribution < -0.4 is 4.74 Å². The van der Waals surface area contributed by atoms with E-state index in [9.17, 15) is 5.11 Å². The zero-order valence-electron chi connectivity index (χ0n) is 12.0. The molecular formula is C18H20O2. The molecule has 0 aliphatic heterocycles. The minimum absolute atomic E-state index is 0.325. The Morgan fingerprint density at radius 1 is 1.20 bits per heavy atom. The molecule has 1 aliphatic carbocycles. The van der Waals surface area contributed by atoms with E-state index in [-0.39, 0.29) is 6.10 Å². The lowest BCUT2D eigenvalue weighted by molar-refractivity contribution is 0.180. The van der Waals surface area contributed by atoms with Crippen molar-refractivity contribution in [3.63, 3.8) is 0 Å². The number of rotatable bonds is 3. The zero-order valence-corrected chi connectivity index (χ0v) is 12.0. The van der Waals surface area contributed by atoms with E-state index in [1.54, 1.807) is 0 Å². The van der Waals surface area contributed by atoms with Crippen molar-refractivity contribution in [3.8, 4) is 5.75 Å². The smallest absolute Gasteiger partial charge is 0.123 e. The van der Waals surface area contributed by atoms with Gasteiger partial charge in [-0.15, -0.1) is 0 Å². The summed E-state index contributed by atoms with van der Waals surface area (Å²) in [4.78, 5) is 0. The Hall–Kier alpha value is -1.80. The van der Waals surface area contributed by atoms with Crippen molar-refractivity contribution in [2.75, 3.05) is 0 Å². The molecule has 0 fully saturated rings. The molecule has 1 N–H and O–H groups in total. The summed E-state index contributed by atoms with van der Waals surface area (Å²) in [6, 6.07) is 12.4. The van der Waals surface area contributed by atoms with Gasteiger partial charge in [-0.3, -0.25) is 0 Å². The molecule has 3 rings (SSSR count). The Balaban J connectivity index is 1.81. The summed E-state index contributed by atoms with van der Waals surface area (Å²) in [5.41, 5.74) is 5.93. The quantitative estimate of drug-likeness (QED) is 0.916. The zero-order chi connectivity index (χ0) is 14.1. The summed E-state index contributed by atoms with van der Waals surface area (Å²) in [6.45, 7) is 4.79. The average molecular weight is 268 g/mol. The Kier molecular flexibility index (Phi) is 3.49. The van der Waals surface area contributed by atoms with Gasteiger partial charge in [-0.2, -0.15) is 0 Å². The van der Waals surface area contributed by atoms with Crippen LogP contribution in [0.5, 0.6) is 5.75 Å². The van der Waals surface area contributed by atoms with Crippen LogP contribution in [0.15, 0.2) is 36.4 Å². The maximum Gasteiger partial charge on any atom is 0.123 e. The van der Waals surface area contributed by atoms with E-state index in [0.29, 0.717) is 6.61 Å². The first-order valence-corrected chi connectivity index (χ1v) is 7.14. The predicted octanol–water partition coefficient (Wildman–Crippen LogP) is 3.86. The number of hydrogen-bond donors (Lipinski definition) is 1. The molecular weight excluding hydrogens is 248 g/mol. The summed E-state index contributed by atoms with van der Waals surface area (Å²) in [6.07, 6.45) is 1.38. The summed E-state index contributed by atoms with van der Waals surface area (Å²) in [5.74, 6) is 0.917. The highest BCUT2D eigenvalue weighted by Gasteiger charge is 2.23. The van der Waals surface area contributed by atoms with Crippen molar-refractivity contribution >= 4 is 0 Å². The summed E-state index contributed by atoms with van der Waals surface area (Å²) >= 11 is 0. The average Bonchev–Trinajstić information content (AvgIpc) is 2.82. The van der Waals surface area contributed by atoms with E-state index in [1.807, 2.05) is 18.2 Å². The monoisotopic (exact) mass is 268 g/mol. The molecule has 0 heterocycles. The molecule has 2 heteroatoms. The molecule has 2 aromatic carbocycles. The highest BCUT2D eigenvalue weighted by atomic mass is 16.5. The molecule has 1 atom stereocenters. The molecule has 0 radical (unpaired) electrons. The lowest BCUT2D eigenvalue weighted by Gasteiger charge is -2.13. The van der Waals surface area contributed by atoms with Gasteiger partial charge in [0.1, 0.15) is 12.4 Å². The molecule has 0 amide bonds. The molecule has 0 saturated heterocycles. The number of fused-ring (bicyclic) bond motifs is 1. The van der Waals surface area contributed by atoms with Crippen LogP contribution in [0, 0.1) is 13.8 Å². The van der Waals surface area contributed by atoms with Gasteiger partial charge in [-0.25, -0.2) is 0 Å². The predicted molar refractivity (Wildman–Crippen MR) is 80.0 cm³/mol. The van der Waals surface area contributed by atoms with Crippen LogP contribution in [0.2, 0.25) is 0 Å². The van der Waals surface area contributed by atoms with Crippen molar-refractivity contribution in [1.29, 1.82) is 0 Å². The molecule has 2 aromatic rings. The van der Waals surface area contributed by atoms with Gasteiger partial charge in [0.2, 0.25) is 0 Å². The second kappa shape index (κ2) is 5.29. The molecule has 1 unspecified atom stereocenters. The number of benzene rings is 2. The van der Waals surface area contributed by atoms with E-state index in [1.165, 1.54) is 22.3 Å². The number of aryl methyl sites for hydroxylation is 2. The van der Waals surface area contributed by atoms with Crippen LogP contribution in [-0.2, 0) is 13.0 Å². The number of ether oxygens (including phenoxy) is 1. The Morgan fingerprint density at radius 2 is 2.05 bits per heavy atom. The second-order valence-corrected chi connectivity index (χ2v) is 5.60. The van der Waals surface area contributed by atoms with Crippen LogP contribution in [0.1, 0.15) is 40.3 Å². The van der Waals surface area contributed by atoms with Crippen LogP contribution in [0.25, 0.3) is 0 Å². The molecule has 2 nitrogen and oxygen atoms in total. The Bertz CT molecular complexity index is 631. The van der Waals surface area contributed by atoms with Gasteiger partial charge in [0.15, 0.2) is 0 Å². The van der Waals surface area contributed by atoms with Gasteiger partial charge in [0.05, 0.1) is 6.10 Å². The minimum atomic E-state index is -0.325. The van der Waals surface area contributed by atoms with Crippen LogP contribution >= 0.6 is 0 Å². The van der Waals surface area contributed by atoms with Crippen molar-refractivity contribution < 1.29 is 9.84 Å². The summed E-state index contributed by atoms with van der Waals surface area (Å²) < 4.78 is 6.01. The fraction of sp³-hybridized carbons (Fsp3) is 0.333. The van der Waals surface area contributed by atoms with Gasteiger partial charge in [-0.05, 0) is 49.4 Å². The number of aliphatic hydroxyl groups excluding tert-OH is 1. The standard InChI is InChI=1S/C18H20O2/c1-12-6-7-13(2)14(10-12)11-20-18-5-3-4-15-16(18)8-9-17(15)19/h3-7,10,17,19H,8-9,11H2,1-2H3. The number of aliphatic hydroxyl groups is 1. The van der Waals surface area contributed by atoms with E-state index in [2.05, 4.69) is 32.0 Å². The SMILES string of the molecule is Cc1ccc(C)c(COc2cccc3c2CCC3O)c1. The van der Waals surface area contributed by atoms with Gasteiger partial charge >= 0.3 is 0 Å². The first kappa shape index (κ1) is 13.2. The summed E-state index contributed by atoms with van der Waals surface area (Å²) in [7, 11) is 0. The topological polar surface area (TPSA) is 29.5 Å². The van der Waals surface area contributed by atoms with Gasteiger partial charge in [-0.1, -0.05) is 35.9 Å². The first-order valence-electron chi connectivity index (χ1n) is 7.14. The molecule has 0 saturated carbocycles. The van der Waals surface area contributed by atoms with Crippen molar-refractivity contribution in [1.82, 2.24) is 0 Å². The van der Waals surface area contributed by atoms with Crippen molar-refractivity contribution in [2.24, 2.45) is 0 Å². The van der Waals surface area contributed by atoms with E-state index < -0.39 is 0 Å². The highest BCUT2D eigenvalue weighted by molar-refractivity contribution is 5.44. The third kappa shape index (κ3) is 2.44. The maximum atomic E-state index is 9.92. The normalized spacial score (nSPS) is 17.1. The molecule has 1 aliphatic rings. The van der Waals surface area contributed by atoms with Crippen LogP contribution in [-0.4, -0.2) is 5.11 Å². The number of hydrogen-bond acceptors (Lipinski definition) is 2. The first-order chi connectivity index (χ1) is 9.65. The lowest BCUT2D eigenvalue weighted by Crippen LogP contribution is -2.01. The minimum Gasteiger partial charge on any atom is -0.489 e. The van der Waals surface area contributed by atoms with Gasteiger partial charge < -0.3 is 9.84 Å². The molecule has 104 valence electrons. The van der Waals surface area contributed by atoms with Crippen molar-refractivity contribution in [2.45, 2.75) is 39.4 Å². The lowest BCUT2D eigenvalue weighted by atomic mass is 10.1. The summed E-state index contributed by atoms with van der Waals surface area (Å²) in [5, 5.41) is 9.92. The van der Waals surface area contributed by atoms with Gasteiger partial charge in [0.25, 0.3) is 0 Å². The van der Waals surface area contributed by atoms with Gasteiger partial charge in [0, 0.05) is 5.56 Å². The second-order valence-electron chi connectivity index (χ2n) is 5.60. The Labute approximate surface area is 120 Å². The largest absolute Gasteiger partial charge is 0.489 e. The third-order valence-corrected chi connectivity index (χ3v) is 4.08. The van der Waals surface area contributed by atoms with E-state index in [4.69, 9.17) is 4.74 Å². The highest BCUT2D eigenvalue weighted by Crippen LogP contribution is 2.37. The Morgan fingerprint density at radius 3 is 2.90 bits per heavy atom. The fourth-order valence-corrected chi connectivity index (χ4v) is 2.85.